The summed E-state index contributed by atoms with van der Waals surface area (Å²) < 4.78 is 96.8. The number of nitrogens with zero attached hydrogens (tertiary/aromatic N) is 7. The Kier molecular flexibility index (Phi) is 11.9. The number of halogens is 6. The monoisotopic (exact) mass is 1050 g/mol. The normalized spacial score (nSPS) is 11.6. The molecule has 12 aromatic rings. The highest BCUT2D eigenvalue weighted by atomic mass is 19.4. The maximum Gasteiger partial charge on any atom is 0.417 e. The van der Waals surface area contributed by atoms with Crippen LogP contribution in [0.1, 0.15) is 38.9 Å². The van der Waals surface area contributed by atoms with Crippen molar-refractivity contribution in [2.45, 2.75) is 12.4 Å². The molecule has 80 heavy (non-hydrogen) atoms. The zero-order valence-electron chi connectivity index (χ0n) is 41.5. The van der Waals surface area contributed by atoms with Crippen molar-refractivity contribution in [3.05, 3.63) is 239 Å². The van der Waals surface area contributed by atoms with E-state index >= 15 is 26.3 Å². The fourth-order valence-corrected chi connectivity index (χ4v) is 11.1. The van der Waals surface area contributed by atoms with Crippen LogP contribution in [0.3, 0.4) is 0 Å². The predicted molar refractivity (Wildman–Crippen MR) is 296 cm³/mol. The van der Waals surface area contributed by atoms with Gasteiger partial charge in [0.05, 0.1) is 91.1 Å². The molecular formula is C67H33F6N7. The van der Waals surface area contributed by atoms with E-state index in [-0.39, 0.29) is 16.9 Å². The molecule has 0 unspecified atom stereocenters. The van der Waals surface area contributed by atoms with Crippen molar-refractivity contribution >= 4 is 43.6 Å². The molecule has 378 valence electrons. The molecule has 12 rings (SSSR count). The molecular weight excluding hydrogens is 1020 g/mol. The van der Waals surface area contributed by atoms with Crippen LogP contribution in [-0.4, -0.2) is 9.13 Å². The minimum atomic E-state index is -5.32. The summed E-state index contributed by atoms with van der Waals surface area (Å²) in [6.07, 6.45) is -10.6. The molecule has 2 heterocycles. The van der Waals surface area contributed by atoms with E-state index in [0.717, 1.165) is 0 Å². The Hall–Kier alpha value is -11.2. The van der Waals surface area contributed by atoms with Crippen molar-refractivity contribution in [3.63, 3.8) is 0 Å². The van der Waals surface area contributed by atoms with Gasteiger partial charge in [0.15, 0.2) is 0 Å². The number of alkyl halides is 6. The third-order valence-corrected chi connectivity index (χ3v) is 14.6. The van der Waals surface area contributed by atoms with Crippen LogP contribution in [-0.2, 0) is 12.4 Å². The van der Waals surface area contributed by atoms with Gasteiger partial charge in [0.2, 0.25) is 0 Å². The number of hydrogen-bond donors (Lipinski definition) is 0. The molecule has 10 aromatic carbocycles. The summed E-state index contributed by atoms with van der Waals surface area (Å²) >= 11 is 0. The van der Waals surface area contributed by atoms with Gasteiger partial charge in [-0.2, -0.15) is 52.7 Å². The largest absolute Gasteiger partial charge is 0.417 e. The summed E-state index contributed by atoms with van der Waals surface area (Å²) in [5, 5.41) is 55.3. The maximum atomic E-state index is 15.6. The summed E-state index contributed by atoms with van der Waals surface area (Å²) in [5.41, 5.74) is 1.92. The Morgan fingerprint density at radius 1 is 0.300 bits per heavy atom. The zero-order chi connectivity index (χ0) is 55.6. The Morgan fingerprint density at radius 2 is 0.588 bits per heavy atom. The summed E-state index contributed by atoms with van der Waals surface area (Å²) in [6.45, 7) is 0. The van der Waals surface area contributed by atoms with Gasteiger partial charge in [0, 0.05) is 27.1 Å². The van der Waals surface area contributed by atoms with Gasteiger partial charge in [-0.3, -0.25) is 0 Å². The Bertz CT molecular complexity index is 4310. The standard InChI is InChI=1S/C67H33F6N7/c68-66(69,70)57-18-9-19-58(67(71,72)73)65(57)47-32-63(79-59-28-39(48-14-5-1-10-43(48)34-74)20-24-52(59)53-25-21-40(29-60(53)79)49-15-6-2-11-44(49)35-75)56(38-78)64(33-47)80-61-30-41(50-16-7-3-12-45(50)36-76)22-26-54(61)55-27-23-42(31-62(55)80)51-17-8-4-13-46(51)37-77/h1-33H. The molecule has 0 aliphatic rings. The van der Waals surface area contributed by atoms with Gasteiger partial charge in [-0.05, 0) is 123 Å². The van der Waals surface area contributed by atoms with Gasteiger partial charge in [-0.1, -0.05) is 127 Å². The number of rotatable bonds is 7. The van der Waals surface area contributed by atoms with Gasteiger partial charge >= 0.3 is 12.4 Å². The Labute approximate surface area is 452 Å². The first-order valence-electron chi connectivity index (χ1n) is 24.8. The second-order valence-electron chi connectivity index (χ2n) is 19.0. The molecule has 0 atom stereocenters. The topological polar surface area (TPSA) is 129 Å². The lowest BCUT2D eigenvalue weighted by atomic mass is 9.91. The number of benzene rings is 10. The van der Waals surface area contributed by atoms with Crippen molar-refractivity contribution in [2.75, 3.05) is 0 Å². The van der Waals surface area contributed by atoms with E-state index in [0.29, 0.717) is 129 Å². The lowest BCUT2D eigenvalue weighted by Gasteiger charge is -2.23. The van der Waals surface area contributed by atoms with Crippen LogP contribution in [0.25, 0.3) is 111 Å². The first-order chi connectivity index (χ1) is 38.7. The first-order valence-corrected chi connectivity index (χ1v) is 24.8. The van der Waals surface area contributed by atoms with E-state index < -0.39 is 34.6 Å². The highest BCUT2D eigenvalue weighted by Gasteiger charge is 2.41. The molecule has 0 aliphatic carbocycles. The number of hydrogen-bond acceptors (Lipinski definition) is 5. The van der Waals surface area contributed by atoms with E-state index in [1.54, 1.807) is 130 Å². The van der Waals surface area contributed by atoms with Crippen molar-refractivity contribution in [1.29, 1.82) is 26.3 Å². The highest BCUT2D eigenvalue weighted by molar-refractivity contribution is 6.13. The number of aromatic nitrogens is 2. The summed E-state index contributed by atoms with van der Waals surface area (Å²) in [5.74, 6) is 0. The average Bonchev–Trinajstić information content (AvgIpc) is 4.12. The fourth-order valence-electron chi connectivity index (χ4n) is 11.1. The molecule has 2 aromatic heterocycles. The van der Waals surface area contributed by atoms with Crippen LogP contribution in [0.15, 0.2) is 200 Å². The van der Waals surface area contributed by atoms with Gasteiger partial charge in [0.25, 0.3) is 0 Å². The van der Waals surface area contributed by atoms with Crippen LogP contribution in [0.4, 0.5) is 26.3 Å². The number of nitriles is 5. The molecule has 0 radical (unpaired) electrons. The molecule has 0 spiro atoms. The summed E-state index contributed by atoms with van der Waals surface area (Å²) in [6, 6.07) is 64.6. The third kappa shape index (κ3) is 8.12. The van der Waals surface area contributed by atoms with Crippen LogP contribution < -0.4 is 0 Å². The molecule has 0 amide bonds. The minimum absolute atomic E-state index is 0.103. The van der Waals surface area contributed by atoms with Crippen LogP contribution >= 0.6 is 0 Å². The lowest BCUT2D eigenvalue weighted by Crippen LogP contribution is -2.15. The molecule has 0 saturated heterocycles. The average molecular weight is 1050 g/mol. The second-order valence-corrected chi connectivity index (χ2v) is 19.0. The minimum Gasteiger partial charge on any atom is -0.308 e. The van der Waals surface area contributed by atoms with Gasteiger partial charge in [-0.15, -0.1) is 0 Å². The van der Waals surface area contributed by atoms with Crippen LogP contribution in [0.2, 0.25) is 0 Å². The molecule has 0 fully saturated rings. The fraction of sp³-hybridized carbons (Fsp3) is 0.0299. The second kappa shape index (κ2) is 19.1. The smallest absolute Gasteiger partial charge is 0.308 e. The Morgan fingerprint density at radius 3 is 0.850 bits per heavy atom. The highest BCUT2D eigenvalue weighted by Crippen LogP contribution is 2.49. The molecule has 0 N–H and O–H groups in total. The van der Waals surface area contributed by atoms with E-state index in [1.165, 1.54) is 12.1 Å². The van der Waals surface area contributed by atoms with E-state index in [4.69, 9.17) is 0 Å². The van der Waals surface area contributed by atoms with Crippen molar-refractivity contribution in [1.82, 2.24) is 9.13 Å². The van der Waals surface area contributed by atoms with Crippen molar-refractivity contribution < 1.29 is 26.3 Å². The molecule has 0 saturated carbocycles. The molecule has 0 bridgehead atoms. The zero-order valence-corrected chi connectivity index (χ0v) is 41.5. The van der Waals surface area contributed by atoms with Gasteiger partial charge < -0.3 is 9.13 Å². The Balaban J connectivity index is 1.30. The predicted octanol–water partition coefficient (Wildman–Crippen LogP) is 17.6. The maximum absolute atomic E-state index is 15.6. The number of fused-ring (bicyclic) bond motifs is 6. The SMILES string of the molecule is N#Cc1ccccc1-c1ccc2c3ccc(-c4ccccc4C#N)cc3n(-c3cc(-c4c(C(F)(F)F)cccc4C(F)(F)F)cc(-n4c5cc(-c6ccccc6C#N)ccc5c5ccc(-c6ccccc6C#N)cc54)c3C#N)c2c1. The summed E-state index contributed by atoms with van der Waals surface area (Å²) in [7, 11) is 0. The van der Waals surface area contributed by atoms with Crippen LogP contribution in [0.5, 0.6) is 0 Å². The van der Waals surface area contributed by atoms with E-state index in [9.17, 15) is 26.3 Å². The summed E-state index contributed by atoms with van der Waals surface area (Å²) in [4.78, 5) is 0. The molecule has 7 nitrogen and oxygen atoms in total. The third-order valence-electron chi connectivity index (χ3n) is 14.6. The van der Waals surface area contributed by atoms with Gasteiger partial charge in [0.1, 0.15) is 11.6 Å². The molecule has 13 heteroatoms. The first kappa shape index (κ1) is 49.7. The van der Waals surface area contributed by atoms with Crippen LogP contribution in [0, 0.1) is 56.7 Å². The van der Waals surface area contributed by atoms with E-state index in [2.05, 4.69) is 30.3 Å². The van der Waals surface area contributed by atoms with Crippen molar-refractivity contribution in [3.8, 4) is 97.4 Å². The quantitative estimate of drug-likeness (QED) is 0.147. The van der Waals surface area contributed by atoms with E-state index in [1.807, 2.05) is 48.5 Å². The lowest BCUT2D eigenvalue weighted by molar-refractivity contribution is -0.142. The van der Waals surface area contributed by atoms with Gasteiger partial charge in [-0.25, -0.2) is 0 Å². The molecule has 0 aliphatic heterocycles. The van der Waals surface area contributed by atoms with Crippen molar-refractivity contribution in [2.24, 2.45) is 0 Å².